The van der Waals surface area contributed by atoms with Crippen molar-refractivity contribution >= 4 is 82.9 Å². The van der Waals surface area contributed by atoms with Crippen LogP contribution in [0.15, 0.2) is 0 Å². The molecule has 5 aliphatic heterocycles. The summed E-state index contributed by atoms with van der Waals surface area (Å²) in [5.74, 6) is 0. The molecule has 10 unspecified atom stereocenters. The molecule has 5 heterocycles. The van der Waals surface area contributed by atoms with Gasteiger partial charge in [0.2, 0.25) is 0 Å². The zero-order valence-electron chi connectivity index (χ0n) is 42.3. The molecule has 508 valence electrons. The van der Waals surface area contributed by atoms with Crippen molar-refractivity contribution in [3.8, 4) is 0 Å². The normalized spacial score (nSPS) is 40.3. The van der Waals surface area contributed by atoms with Gasteiger partial charge in [-0.15, -0.1) is 0 Å². The quantitative estimate of drug-likeness (QED) is 0.0340. The molecule has 86 heavy (non-hydrogen) atoms. The van der Waals surface area contributed by atoms with Crippen LogP contribution in [0.3, 0.4) is 0 Å². The minimum atomic E-state index is -6.15. The molecule has 0 aromatic rings. The molecular weight excluding hydrogens is 1380 g/mol. The summed E-state index contributed by atoms with van der Waals surface area (Å²) in [7, 11) is -45.4. The molecular formula is C30H55N3O45S8. The molecule has 0 amide bonds. The predicted molar refractivity (Wildman–Crippen MR) is 253 cm³/mol. The highest BCUT2D eigenvalue weighted by atomic mass is 32.3. The van der Waals surface area contributed by atoms with Gasteiger partial charge in [0.05, 0.1) is 32.0 Å². The molecule has 0 aliphatic carbocycles. The molecule has 0 saturated carbocycles. The van der Waals surface area contributed by atoms with Gasteiger partial charge in [-0.25, -0.2) is 20.9 Å². The highest BCUT2D eigenvalue weighted by Gasteiger charge is 2.59. The van der Waals surface area contributed by atoms with E-state index < -0.39 is 256 Å². The van der Waals surface area contributed by atoms with Crippen LogP contribution in [-0.2, 0) is 146 Å². The average molecular weight is 1430 g/mol. The lowest BCUT2D eigenvalue weighted by molar-refractivity contribution is -0.374. The van der Waals surface area contributed by atoms with Gasteiger partial charge in [-0.05, 0) is 13.8 Å². The predicted octanol–water partition coefficient (Wildman–Crippen LogP) is -12.5. The van der Waals surface area contributed by atoms with Crippen molar-refractivity contribution in [3.63, 3.8) is 0 Å². The third kappa shape index (κ3) is 22.0. The lowest BCUT2D eigenvalue weighted by atomic mass is 9.94. The Balaban J connectivity index is 1.52. The number of hydrogen-bond donors (Lipinski definition) is 18. The Morgan fingerprint density at radius 3 is 1.16 bits per heavy atom. The van der Waals surface area contributed by atoms with Gasteiger partial charge in [0, 0.05) is 0 Å². The van der Waals surface area contributed by atoms with E-state index in [2.05, 4.69) is 20.9 Å². The Hall–Kier alpha value is -1.68. The molecule has 0 aromatic heterocycles. The summed E-state index contributed by atoms with van der Waals surface area (Å²) in [5.41, 5.74) is 0. The van der Waals surface area contributed by atoms with Gasteiger partial charge in [0.15, 0.2) is 37.6 Å². The second-order valence-electron chi connectivity index (χ2n) is 18.4. The molecule has 56 heteroatoms. The first-order chi connectivity index (χ1) is 38.8. The Bertz CT molecular complexity index is 3250. The molecule has 5 aliphatic rings. The van der Waals surface area contributed by atoms with Crippen molar-refractivity contribution in [1.29, 1.82) is 0 Å². The van der Waals surface area contributed by atoms with Gasteiger partial charge in [-0.2, -0.15) is 81.5 Å². The molecule has 0 bridgehead atoms. The maximum Gasteiger partial charge on any atom is 0.397 e. The van der Waals surface area contributed by atoms with Gasteiger partial charge in [-0.3, -0.25) is 36.4 Å². The van der Waals surface area contributed by atoms with Gasteiger partial charge >= 0.3 is 82.9 Å². The van der Waals surface area contributed by atoms with Crippen LogP contribution in [0.25, 0.3) is 0 Å². The summed E-state index contributed by atoms with van der Waals surface area (Å²) in [6.45, 7) is -2.93. The topological polar surface area (TPSA) is 742 Å². The van der Waals surface area contributed by atoms with Crippen LogP contribution in [0.4, 0.5) is 0 Å². The zero-order valence-corrected chi connectivity index (χ0v) is 48.8. The Kier molecular flexibility index (Phi) is 24.7. The Labute approximate surface area is 485 Å². The standard InChI is InChI=1S/C30H55N3O45S8/c1-6-20(73-27-12(32-80(44,45)46)15(35)14(34)8(71-27)3-65-82(50,51)52)17(37)18(38)29(68-6)76-23-10(5-67-84(56,57)58)72-28(13(33-81(47,48)49)24(23)77-85(59,60)61)74-21-7(2)69-30(25(19(21)39)78-86(62,63)64)75-22-9(4-66-83(53,54)55)70-26(40)11(16(22)36)31-79(41,42)43/h6-40H,3-5H2,1-2H3,(H,41,42,43)(H,44,45,46)(H,47,48,49)(H,50,51,52)(H,53,54,55)(H,56,57,58)(H,59,60,61)(H,62,63,64)/t6?,7?,8?,9?,10?,11?,12?,13?,14-,15-,16-,17-,18?,19?,20-,21-,22-,23-,24-,25+,26-,27+,28+,29+,30+/m1/s1. The fourth-order valence-corrected chi connectivity index (χ4v) is 12.5. The maximum atomic E-state index is 12.6. The lowest BCUT2D eigenvalue weighted by Crippen LogP contribution is -2.70. The van der Waals surface area contributed by atoms with Gasteiger partial charge in [0.1, 0.15) is 104 Å². The fourth-order valence-electron chi connectivity index (χ4n) is 8.81. The molecule has 0 radical (unpaired) electrons. The summed E-state index contributed by atoms with van der Waals surface area (Å²) < 4.78 is 342. The number of nitrogens with one attached hydrogen (secondary N) is 3. The third-order valence-corrected chi connectivity index (χ3v) is 16.1. The van der Waals surface area contributed by atoms with Crippen LogP contribution in [0.2, 0.25) is 0 Å². The molecule has 5 saturated heterocycles. The molecule has 0 spiro atoms. The van der Waals surface area contributed by atoms with Crippen LogP contribution in [0.1, 0.15) is 13.8 Å². The molecule has 18 N–H and O–H groups in total. The molecule has 48 nitrogen and oxygen atoms in total. The van der Waals surface area contributed by atoms with Crippen molar-refractivity contribution in [2.45, 2.75) is 167 Å². The van der Waals surface area contributed by atoms with E-state index in [-0.39, 0.29) is 0 Å². The highest BCUT2D eigenvalue weighted by Crippen LogP contribution is 2.38. The van der Waals surface area contributed by atoms with Gasteiger partial charge in [0.25, 0.3) is 0 Å². The van der Waals surface area contributed by atoms with E-state index in [4.69, 9.17) is 51.7 Å². The second-order valence-corrected chi connectivity index (χ2v) is 27.3. The van der Waals surface area contributed by atoms with Crippen LogP contribution < -0.4 is 14.2 Å². The Morgan fingerprint density at radius 1 is 0.326 bits per heavy atom. The summed E-state index contributed by atoms with van der Waals surface area (Å²) in [6.07, 6.45) is -55.7. The molecule has 5 fully saturated rings. The van der Waals surface area contributed by atoms with E-state index >= 15 is 0 Å². The van der Waals surface area contributed by atoms with Gasteiger partial charge in [-0.1, -0.05) is 0 Å². The van der Waals surface area contributed by atoms with E-state index in [9.17, 15) is 130 Å². The van der Waals surface area contributed by atoms with Crippen LogP contribution in [0.5, 0.6) is 0 Å². The number of hydrogen-bond acceptors (Lipinski definition) is 37. The van der Waals surface area contributed by atoms with E-state index in [1.165, 1.54) is 14.2 Å². The van der Waals surface area contributed by atoms with Crippen LogP contribution in [0, 0.1) is 0 Å². The van der Waals surface area contributed by atoms with E-state index in [1.54, 1.807) is 0 Å². The fraction of sp³-hybridized carbons (Fsp3) is 1.00. The number of ether oxygens (including phenoxy) is 9. The van der Waals surface area contributed by atoms with Crippen molar-refractivity contribution in [1.82, 2.24) is 14.2 Å². The molecule has 25 atom stereocenters. The minimum absolute atomic E-state index is 0.803. The molecule has 5 rings (SSSR count). The van der Waals surface area contributed by atoms with Crippen molar-refractivity contribution in [2.75, 3.05) is 19.8 Å². The third-order valence-electron chi connectivity index (χ3n) is 12.2. The van der Waals surface area contributed by atoms with Gasteiger partial charge < -0.3 is 78.4 Å². The van der Waals surface area contributed by atoms with E-state index in [1.807, 2.05) is 0 Å². The first-order valence-electron chi connectivity index (χ1n) is 22.9. The SMILES string of the molecule is CC1O[C@@H](O[C@@H]2C(COS(=O)(=O)O)O[C@@H](O)C(NS(=O)(=O)O)[C@H]2O)[C@@H](OS(=O)(=O)O)C(O)[C@@H]1O[C@@H]1OC(COS(=O)(=O)O)[C@@H](O[C@@H]2OC(C)[C@@H](O[C@@H]3OC(COS(=O)(=O)O)[C@@H](O)[C@H](O)C3NS(=O)(=O)O)[C@H](O)C2O)[C@H](OS(=O)(=O)O)C1NS(=O)(=O)O. The number of aliphatic hydroxyl groups excluding tert-OH is 7. The minimum Gasteiger partial charge on any atom is -0.388 e. The second kappa shape index (κ2) is 28.3. The number of aliphatic hydroxyl groups is 7. The largest absolute Gasteiger partial charge is 0.397 e. The van der Waals surface area contributed by atoms with Crippen LogP contribution in [-0.4, -0.2) is 313 Å². The van der Waals surface area contributed by atoms with Crippen molar-refractivity contribution < 1.29 is 203 Å². The van der Waals surface area contributed by atoms with Crippen LogP contribution >= 0.6 is 0 Å². The van der Waals surface area contributed by atoms with E-state index in [0.717, 1.165) is 13.8 Å². The average Bonchev–Trinajstić information content (AvgIpc) is 0.822. The summed E-state index contributed by atoms with van der Waals surface area (Å²) in [4.78, 5) is 0. The first kappa shape index (κ1) is 75.0. The number of rotatable bonds is 27. The summed E-state index contributed by atoms with van der Waals surface area (Å²) in [5, 5.41) is 77.3. The smallest absolute Gasteiger partial charge is 0.388 e. The maximum absolute atomic E-state index is 12.6. The highest BCUT2D eigenvalue weighted by molar-refractivity contribution is 7.84. The van der Waals surface area contributed by atoms with Crippen molar-refractivity contribution in [2.24, 2.45) is 0 Å². The van der Waals surface area contributed by atoms with Crippen molar-refractivity contribution in [3.05, 3.63) is 0 Å². The first-order valence-corrected chi connectivity index (χ1v) is 34.0. The lowest BCUT2D eigenvalue weighted by Gasteiger charge is -2.50. The Morgan fingerprint density at radius 2 is 0.698 bits per heavy atom. The van der Waals surface area contributed by atoms with E-state index in [0.29, 0.717) is 0 Å². The zero-order chi connectivity index (χ0) is 65.6. The molecule has 0 aromatic carbocycles. The summed E-state index contributed by atoms with van der Waals surface area (Å²) in [6, 6.07) is -7.71. The summed E-state index contributed by atoms with van der Waals surface area (Å²) >= 11 is 0. The monoisotopic (exact) mass is 1430 g/mol.